The molecule has 0 spiro atoms. The lowest BCUT2D eigenvalue weighted by molar-refractivity contribution is 0.362. The van der Waals surface area contributed by atoms with Gasteiger partial charge >= 0.3 is 0 Å². The van der Waals surface area contributed by atoms with E-state index in [9.17, 15) is 0 Å². The fourth-order valence-electron chi connectivity index (χ4n) is 3.11. The minimum Gasteiger partial charge on any atom is -0.495 e. The van der Waals surface area contributed by atoms with Gasteiger partial charge in [-0.2, -0.15) is 5.26 Å². The number of piperazine rings is 1. The van der Waals surface area contributed by atoms with Crippen LogP contribution in [0.25, 0.3) is 5.70 Å². The number of nitrogens with zero attached hydrogens (tertiary/aromatic N) is 3. The first-order chi connectivity index (χ1) is 11.8. The van der Waals surface area contributed by atoms with Crippen LogP contribution in [0, 0.1) is 11.3 Å². The minimum absolute atomic E-state index is 0.875. The molecule has 0 radical (unpaired) electrons. The minimum atomic E-state index is 0.875. The third-order valence-corrected chi connectivity index (χ3v) is 4.32. The Hall–Kier alpha value is -2.93. The monoisotopic (exact) mass is 319 g/mol. The van der Waals surface area contributed by atoms with Crippen LogP contribution in [0.15, 0.2) is 60.7 Å². The molecule has 1 saturated heterocycles. The molecule has 122 valence electrons. The topological polar surface area (TPSA) is 39.5 Å². The summed E-state index contributed by atoms with van der Waals surface area (Å²) in [6.45, 7) is 3.55. The van der Waals surface area contributed by atoms with Crippen LogP contribution in [0.1, 0.15) is 5.56 Å². The van der Waals surface area contributed by atoms with Crippen LogP contribution in [-0.2, 0) is 0 Å². The van der Waals surface area contributed by atoms with Crippen LogP contribution >= 0.6 is 0 Å². The van der Waals surface area contributed by atoms with Crippen LogP contribution in [0.4, 0.5) is 5.69 Å². The SMILES string of the molecule is COc1ccccc1N1CCN(/C(=C/C#N)c2ccccc2)CC1. The Morgan fingerprint density at radius 3 is 2.33 bits per heavy atom. The molecule has 2 aromatic carbocycles. The Balaban J connectivity index is 1.74. The van der Waals surface area contributed by atoms with Crippen LogP contribution < -0.4 is 9.64 Å². The van der Waals surface area contributed by atoms with E-state index in [0.717, 1.165) is 48.9 Å². The maximum Gasteiger partial charge on any atom is 0.142 e. The number of ether oxygens (including phenoxy) is 1. The fraction of sp³-hybridized carbons (Fsp3) is 0.250. The number of anilines is 1. The van der Waals surface area contributed by atoms with Crippen molar-refractivity contribution in [1.82, 2.24) is 4.90 Å². The Kier molecular flexibility index (Phi) is 5.02. The number of rotatable bonds is 4. The number of benzene rings is 2. The quantitative estimate of drug-likeness (QED) is 0.810. The highest BCUT2D eigenvalue weighted by atomic mass is 16.5. The highest BCUT2D eigenvalue weighted by molar-refractivity contribution is 5.67. The summed E-state index contributed by atoms with van der Waals surface area (Å²) < 4.78 is 5.47. The summed E-state index contributed by atoms with van der Waals surface area (Å²) in [4.78, 5) is 4.62. The maximum atomic E-state index is 9.15. The molecule has 1 aliphatic heterocycles. The van der Waals surface area contributed by atoms with Crippen molar-refractivity contribution in [3.05, 3.63) is 66.2 Å². The van der Waals surface area contributed by atoms with Crippen molar-refractivity contribution < 1.29 is 4.74 Å². The smallest absolute Gasteiger partial charge is 0.142 e. The van der Waals surface area contributed by atoms with E-state index >= 15 is 0 Å². The average molecular weight is 319 g/mol. The predicted molar refractivity (Wildman–Crippen MR) is 96.8 cm³/mol. The standard InChI is InChI=1S/C20H21N3O/c1-24-20-10-6-5-9-19(20)23-15-13-22(14-16-23)18(11-12-21)17-7-3-2-4-8-17/h2-11H,13-16H2,1H3/b18-11+. The average Bonchev–Trinajstić information content (AvgIpc) is 2.67. The first-order valence-electron chi connectivity index (χ1n) is 8.11. The van der Waals surface area contributed by atoms with Gasteiger partial charge in [0.2, 0.25) is 0 Å². The number of methoxy groups -OCH3 is 1. The van der Waals surface area contributed by atoms with Crippen molar-refractivity contribution >= 4 is 11.4 Å². The van der Waals surface area contributed by atoms with Gasteiger partial charge in [-0.3, -0.25) is 0 Å². The highest BCUT2D eigenvalue weighted by Gasteiger charge is 2.21. The van der Waals surface area contributed by atoms with Crippen molar-refractivity contribution in [2.75, 3.05) is 38.2 Å². The highest BCUT2D eigenvalue weighted by Crippen LogP contribution is 2.29. The van der Waals surface area contributed by atoms with Crippen molar-refractivity contribution in [3.63, 3.8) is 0 Å². The van der Waals surface area contributed by atoms with Gasteiger partial charge in [-0.1, -0.05) is 42.5 Å². The number of para-hydroxylation sites is 2. The largest absolute Gasteiger partial charge is 0.495 e. The van der Waals surface area contributed by atoms with Crippen LogP contribution in [0.2, 0.25) is 0 Å². The summed E-state index contributed by atoms with van der Waals surface area (Å²) in [6.07, 6.45) is 1.65. The van der Waals surface area contributed by atoms with Crippen LogP contribution in [-0.4, -0.2) is 38.2 Å². The molecule has 2 aromatic rings. The first kappa shape index (κ1) is 15.9. The molecule has 0 aromatic heterocycles. The number of allylic oxidation sites excluding steroid dienone is 1. The lowest BCUT2D eigenvalue weighted by atomic mass is 10.1. The molecule has 0 amide bonds. The second-order valence-corrected chi connectivity index (χ2v) is 5.67. The zero-order valence-corrected chi connectivity index (χ0v) is 13.9. The van der Waals surface area contributed by atoms with E-state index in [4.69, 9.17) is 10.00 Å². The molecule has 24 heavy (non-hydrogen) atoms. The second kappa shape index (κ2) is 7.56. The summed E-state index contributed by atoms with van der Waals surface area (Å²) in [5.74, 6) is 0.904. The Morgan fingerprint density at radius 2 is 1.67 bits per heavy atom. The van der Waals surface area contributed by atoms with Gasteiger partial charge < -0.3 is 14.5 Å². The van der Waals surface area contributed by atoms with Crippen molar-refractivity contribution in [3.8, 4) is 11.8 Å². The second-order valence-electron chi connectivity index (χ2n) is 5.67. The Labute approximate surface area is 143 Å². The van der Waals surface area contributed by atoms with Crippen molar-refractivity contribution in [2.45, 2.75) is 0 Å². The molecule has 1 fully saturated rings. The lowest BCUT2D eigenvalue weighted by Gasteiger charge is -2.38. The Bertz CT molecular complexity index is 741. The predicted octanol–water partition coefficient (Wildman–Crippen LogP) is 3.38. The molecule has 0 saturated carbocycles. The summed E-state index contributed by atoms with van der Waals surface area (Å²) in [7, 11) is 1.71. The lowest BCUT2D eigenvalue weighted by Crippen LogP contribution is -2.45. The van der Waals surface area contributed by atoms with Gasteiger partial charge in [0.15, 0.2) is 0 Å². The summed E-state index contributed by atoms with van der Waals surface area (Å²) in [5.41, 5.74) is 3.22. The van der Waals surface area contributed by atoms with Gasteiger partial charge in [-0.05, 0) is 17.7 Å². The first-order valence-corrected chi connectivity index (χ1v) is 8.11. The number of hydrogen-bond donors (Lipinski definition) is 0. The van der Waals surface area contributed by atoms with E-state index in [-0.39, 0.29) is 0 Å². The normalized spacial score (nSPS) is 15.1. The third-order valence-electron chi connectivity index (χ3n) is 4.32. The fourth-order valence-corrected chi connectivity index (χ4v) is 3.11. The molecule has 4 nitrogen and oxygen atoms in total. The molecular weight excluding hydrogens is 298 g/mol. The summed E-state index contributed by atoms with van der Waals surface area (Å²) >= 11 is 0. The molecule has 0 bridgehead atoms. The van der Waals surface area contributed by atoms with Gasteiger partial charge in [0, 0.05) is 32.3 Å². The third kappa shape index (κ3) is 3.36. The van der Waals surface area contributed by atoms with Gasteiger partial charge in [0.25, 0.3) is 0 Å². The van der Waals surface area contributed by atoms with E-state index in [1.54, 1.807) is 13.2 Å². The summed E-state index contributed by atoms with van der Waals surface area (Å²) in [5, 5.41) is 9.15. The van der Waals surface area contributed by atoms with Crippen molar-refractivity contribution in [2.24, 2.45) is 0 Å². The maximum absolute atomic E-state index is 9.15. The van der Waals surface area contributed by atoms with Gasteiger partial charge in [0.05, 0.1) is 24.6 Å². The molecule has 0 N–H and O–H groups in total. The van der Waals surface area contributed by atoms with E-state index in [2.05, 4.69) is 34.1 Å². The molecule has 0 unspecified atom stereocenters. The summed E-state index contributed by atoms with van der Waals surface area (Å²) in [6, 6.07) is 20.4. The number of nitriles is 1. The van der Waals surface area contributed by atoms with Crippen molar-refractivity contribution in [1.29, 1.82) is 5.26 Å². The molecule has 0 atom stereocenters. The Morgan fingerprint density at radius 1 is 1.00 bits per heavy atom. The molecular formula is C20H21N3O. The van der Waals surface area contributed by atoms with Gasteiger partial charge in [0.1, 0.15) is 5.75 Å². The molecule has 1 aliphatic rings. The molecule has 3 rings (SSSR count). The zero-order chi connectivity index (χ0) is 16.8. The van der Waals surface area contributed by atoms with Crippen LogP contribution in [0.5, 0.6) is 5.75 Å². The van der Waals surface area contributed by atoms with Gasteiger partial charge in [-0.15, -0.1) is 0 Å². The van der Waals surface area contributed by atoms with Gasteiger partial charge in [-0.25, -0.2) is 0 Å². The van der Waals surface area contributed by atoms with E-state index in [0.29, 0.717) is 0 Å². The van der Waals surface area contributed by atoms with E-state index < -0.39 is 0 Å². The van der Waals surface area contributed by atoms with Crippen LogP contribution in [0.3, 0.4) is 0 Å². The van der Waals surface area contributed by atoms with E-state index in [1.165, 1.54) is 0 Å². The molecule has 4 heteroatoms. The number of hydrogen-bond acceptors (Lipinski definition) is 4. The molecule has 1 heterocycles. The van der Waals surface area contributed by atoms with E-state index in [1.807, 2.05) is 36.4 Å². The zero-order valence-electron chi connectivity index (χ0n) is 13.9. The molecule has 0 aliphatic carbocycles.